The maximum atomic E-state index is 12.3. The van der Waals surface area contributed by atoms with Gasteiger partial charge in [0.2, 0.25) is 0 Å². The Morgan fingerprint density at radius 3 is 2.45 bits per heavy atom. The first-order chi connectivity index (χ1) is 9.54. The number of aliphatic carboxylic acids is 1. The molecule has 0 heterocycles. The molecule has 0 aliphatic carbocycles. The summed E-state index contributed by atoms with van der Waals surface area (Å²) in [5.74, 6) is -1.03. The number of aryl methyl sites for hydroxylation is 1. The summed E-state index contributed by atoms with van der Waals surface area (Å²) >= 11 is 0. The number of Topliss-reactive ketones (excluding diaryl/α,β-unsaturated/α-hetero) is 1. The summed E-state index contributed by atoms with van der Waals surface area (Å²) in [5, 5.41) is 20.5. The Morgan fingerprint density at radius 1 is 1.25 bits per heavy atom. The number of ketones is 1. The van der Waals surface area contributed by atoms with Crippen molar-refractivity contribution in [3.63, 3.8) is 0 Å². The van der Waals surface area contributed by atoms with Gasteiger partial charge in [-0.3, -0.25) is 9.59 Å². The third-order valence-corrected chi connectivity index (χ3v) is 3.03. The first-order valence-corrected chi connectivity index (χ1v) is 6.71. The lowest BCUT2D eigenvalue weighted by molar-refractivity contribution is -0.137. The van der Waals surface area contributed by atoms with Crippen LogP contribution in [0.2, 0.25) is 0 Å². The molecule has 0 saturated carbocycles. The van der Waals surface area contributed by atoms with Crippen LogP contribution >= 0.6 is 0 Å². The van der Waals surface area contributed by atoms with Crippen molar-refractivity contribution < 1.29 is 19.8 Å². The molecule has 0 spiro atoms. The third-order valence-electron chi connectivity index (χ3n) is 3.03. The number of carbonyl (C=O) groups is 2. The Bertz CT molecular complexity index is 442. The number of carboxylic acid groups (broad SMARTS) is 1. The molecule has 0 aliphatic rings. The number of nitrogens with one attached hydrogen (secondary N) is 1. The molecule has 1 unspecified atom stereocenters. The van der Waals surface area contributed by atoms with E-state index < -0.39 is 12.0 Å². The van der Waals surface area contributed by atoms with E-state index in [-0.39, 0.29) is 25.2 Å². The van der Waals surface area contributed by atoms with Crippen molar-refractivity contribution >= 4 is 11.8 Å². The highest BCUT2D eigenvalue weighted by atomic mass is 16.4. The molecule has 0 amide bonds. The molecule has 0 fully saturated rings. The summed E-state index contributed by atoms with van der Waals surface area (Å²) in [6.45, 7) is 2.46. The fourth-order valence-electron chi connectivity index (χ4n) is 1.87. The van der Waals surface area contributed by atoms with E-state index in [9.17, 15) is 9.59 Å². The number of hydrogen-bond acceptors (Lipinski definition) is 4. The second-order valence-corrected chi connectivity index (χ2v) is 4.75. The lowest BCUT2D eigenvalue weighted by Crippen LogP contribution is -2.38. The SMILES string of the molecule is Cc1ccc(C(=O)C(CCC(=O)O)NCCCO)cc1. The second-order valence-electron chi connectivity index (χ2n) is 4.75. The second kappa shape index (κ2) is 8.45. The van der Waals surface area contributed by atoms with Gasteiger partial charge in [-0.25, -0.2) is 0 Å². The number of rotatable bonds is 9. The zero-order chi connectivity index (χ0) is 15.0. The average Bonchev–Trinajstić information content (AvgIpc) is 2.42. The number of benzene rings is 1. The van der Waals surface area contributed by atoms with Crippen molar-refractivity contribution in [3.8, 4) is 0 Å². The zero-order valence-electron chi connectivity index (χ0n) is 11.6. The third kappa shape index (κ3) is 5.50. The molecule has 1 aromatic rings. The van der Waals surface area contributed by atoms with Crippen molar-refractivity contribution in [2.45, 2.75) is 32.2 Å². The van der Waals surface area contributed by atoms with Gasteiger partial charge in [0.15, 0.2) is 5.78 Å². The van der Waals surface area contributed by atoms with Crippen LogP contribution in [-0.2, 0) is 4.79 Å². The van der Waals surface area contributed by atoms with E-state index in [0.717, 1.165) is 5.56 Å². The fraction of sp³-hybridized carbons (Fsp3) is 0.467. The molecule has 0 radical (unpaired) electrons. The largest absolute Gasteiger partial charge is 0.481 e. The molecule has 20 heavy (non-hydrogen) atoms. The Hall–Kier alpha value is -1.72. The van der Waals surface area contributed by atoms with Gasteiger partial charge >= 0.3 is 5.97 Å². The normalized spacial score (nSPS) is 12.1. The van der Waals surface area contributed by atoms with Crippen molar-refractivity contribution in [1.82, 2.24) is 5.32 Å². The van der Waals surface area contributed by atoms with Gasteiger partial charge in [-0.05, 0) is 26.3 Å². The maximum Gasteiger partial charge on any atom is 0.303 e. The van der Waals surface area contributed by atoms with Gasteiger partial charge in [-0.1, -0.05) is 29.8 Å². The zero-order valence-corrected chi connectivity index (χ0v) is 11.6. The van der Waals surface area contributed by atoms with Gasteiger partial charge in [0.1, 0.15) is 0 Å². The van der Waals surface area contributed by atoms with Crippen molar-refractivity contribution in [2.24, 2.45) is 0 Å². The van der Waals surface area contributed by atoms with Gasteiger partial charge in [-0.15, -0.1) is 0 Å². The first kappa shape index (κ1) is 16.3. The van der Waals surface area contributed by atoms with E-state index in [0.29, 0.717) is 18.5 Å². The van der Waals surface area contributed by atoms with Crippen LogP contribution in [0.25, 0.3) is 0 Å². The molecule has 110 valence electrons. The minimum atomic E-state index is -0.921. The fourth-order valence-corrected chi connectivity index (χ4v) is 1.87. The molecular weight excluding hydrogens is 258 g/mol. The number of aliphatic hydroxyl groups is 1. The van der Waals surface area contributed by atoms with Crippen LogP contribution in [0.1, 0.15) is 35.2 Å². The van der Waals surface area contributed by atoms with Crippen molar-refractivity contribution in [1.29, 1.82) is 0 Å². The summed E-state index contributed by atoms with van der Waals surface area (Å²) in [6, 6.07) is 6.68. The summed E-state index contributed by atoms with van der Waals surface area (Å²) in [7, 11) is 0. The Balaban J connectivity index is 2.71. The van der Waals surface area contributed by atoms with E-state index in [1.54, 1.807) is 12.1 Å². The van der Waals surface area contributed by atoms with E-state index in [1.165, 1.54) is 0 Å². The Morgan fingerprint density at radius 2 is 1.90 bits per heavy atom. The minimum absolute atomic E-state index is 0.0391. The lowest BCUT2D eigenvalue weighted by Gasteiger charge is -2.17. The van der Waals surface area contributed by atoms with Crippen LogP contribution in [-0.4, -0.2) is 41.2 Å². The van der Waals surface area contributed by atoms with Gasteiger partial charge in [0.05, 0.1) is 6.04 Å². The standard InChI is InChI=1S/C15H21NO4/c1-11-3-5-12(6-4-11)15(20)13(7-8-14(18)19)16-9-2-10-17/h3-6,13,16-17H,2,7-10H2,1H3,(H,18,19). The van der Waals surface area contributed by atoms with Gasteiger partial charge < -0.3 is 15.5 Å². The quantitative estimate of drug-likeness (QED) is 0.469. The van der Waals surface area contributed by atoms with E-state index in [2.05, 4.69) is 5.32 Å². The molecular formula is C15H21NO4. The predicted octanol–water partition coefficient (Wildman–Crippen LogP) is 1.38. The van der Waals surface area contributed by atoms with Gasteiger partial charge in [0, 0.05) is 18.6 Å². The molecule has 0 aromatic heterocycles. The maximum absolute atomic E-state index is 12.3. The number of carboxylic acids is 1. The minimum Gasteiger partial charge on any atom is -0.481 e. The molecule has 1 rings (SSSR count). The van der Waals surface area contributed by atoms with Crippen LogP contribution in [0.3, 0.4) is 0 Å². The molecule has 0 bridgehead atoms. The first-order valence-electron chi connectivity index (χ1n) is 6.71. The van der Waals surface area contributed by atoms with Crippen LogP contribution < -0.4 is 5.32 Å². The highest BCUT2D eigenvalue weighted by Gasteiger charge is 2.20. The monoisotopic (exact) mass is 279 g/mol. The summed E-state index contributed by atoms with van der Waals surface area (Å²) in [5.41, 5.74) is 1.64. The Kier molecular flexibility index (Phi) is 6.90. The molecule has 0 aliphatic heterocycles. The van der Waals surface area contributed by atoms with E-state index >= 15 is 0 Å². The topological polar surface area (TPSA) is 86.6 Å². The summed E-state index contributed by atoms with van der Waals surface area (Å²) < 4.78 is 0. The van der Waals surface area contributed by atoms with Gasteiger partial charge in [0.25, 0.3) is 0 Å². The van der Waals surface area contributed by atoms with Crippen LogP contribution in [0.5, 0.6) is 0 Å². The number of hydrogen-bond donors (Lipinski definition) is 3. The number of aliphatic hydroxyl groups excluding tert-OH is 1. The molecule has 1 aromatic carbocycles. The van der Waals surface area contributed by atoms with Crippen LogP contribution in [0, 0.1) is 6.92 Å². The lowest BCUT2D eigenvalue weighted by atomic mass is 9.99. The highest BCUT2D eigenvalue weighted by Crippen LogP contribution is 2.10. The molecule has 5 heteroatoms. The van der Waals surface area contributed by atoms with Gasteiger partial charge in [-0.2, -0.15) is 0 Å². The van der Waals surface area contributed by atoms with Crippen LogP contribution in [0.15, 0.2) is 24.3 Å². The van der Waals surface area contributed by atoms with E-state index in [1.807, 2.05) is 19.1 Å². The molecule has 5 nitrogen and oxygen atoms in total. The average molecular weight is 279 g/mol. The van der Waals surface area contributed by atoms with Crippen LogP contribution in [0.4, 0.5) is 0 Å². The van der Waals surface area contributed by atoms with Crippen molar-refractivity contribution in [3.05, 3.63) is 35.4 Å². The molecule has 0 saturated heterocycles. The summed E-state index contributed by atoms with van der Waals surface area (Å²) in [4.78, 5) is 23.0. The summed E-state index contributed by atoms with van der Waals surface area (Å²) in [6.07, 6.45) is 0.715. The van der Waals surface area contributed by atoms with Crippen molar-refractivity contribution in [2.75, 3.05) is 13.2 Å². The van der Waals surface area contributed by atoms with E-state index in [4.69, 9.17) is 10.2 Å². The molecule has 1 atom stereocenters. The number of carbonyl (C=O) groups excluding carboxylic acids is 1. The predicted molar refractivity (Wildman–Crippen MR) is 75.9 cm³/mol. The molecule has 3 N–H and O–H groups in total. The Labute approximate surface area is 118 Å². The highest BCUT2D eigenvalue weighted by molar-refractivity contribution is 6.00. The smallest absolute Gasteiger partial charge is 0.303 e.